The maximum atomic E-state index is 10.6. The summed E-state index contributed by atoms with van der Waals surface area (Å²) < 4.78 is 0. The Labute approximate surface area is 63.9 Å². The lowest BCUT2D eigenvalue weighted by Crippen LogP contribution is -2.11. The standard InChI is InChI=1S/C6H9NO2S/c1-3-5(4-8)10-6(9)7-2/h3-4H,1-2H3,(H,7,9)/b5-3-. The number of amides is 1. The van der Waals surface area contributed by atoms with E-state index in [1.807, 2.05) is 0 Å². The van der Waals surface area contributed by atoms with Crippen molar-refractivity contribution in [2.45, 2.75) is 6.92 Å². The van der Waals surface area contributed by atoms with Crippen LogP contribution in [0.1, 0.15) is 6.92 Å². The van der Waals surface area contributed by atoms with Crippen molar-refractivity contribution >= 4 is 23.3 Å². The number of hydrogen-bond donors (Lipinski definition) is 1. The van der Waals surface area contributed by atoms with Gasteiger partial charge in [-0.25, -0.2) is 0 Å². The number of nitrogens with one attached hydrogen (secondary N) is 1. The molecule has 1 amide bonds. The molecule has 4 heteroatoms. The molecule has 0 aliphatic rings. The highest BCUT2D eigenvalue weighted by Crippen LogP contribution is 2.12. The SMILES string of the molecule is C/C=C(/C=O)SC(=O)NC. The molecule has 0 aliphatic heterocycles. The van der Waals surface area contributed by atoms with Gasteiger partial charge >= 0.3 is 0 Å². The van der Waals surface area contributed by atoms with Crippen LogP contribution < -0.4 is 5.32 Å². The summed E-state index contributed by atoms with van der Waals surface area (Å²) in [5.74, 6) is 0. The Morgan fingerprint density at radius 3 is 2.50 bits per heavy atom. The molecule has 0 aliphatic carbocycles. The van der Waals surface area contributed by atoms with E-state index in [4.69, 9.17) is 0 Å². The minimum atomic E-state index is -0.222. The fraction of sp³-hybridized carbons (Fsp3) is 0.333. The molecule has 0 fully saturated rings. The number of thioether (sulfide) groups is 1. The van der Waals surface area contributed by atoms with Gasteiger partial charge in [0.1, 0.15) is 0 Å². The molecule has 0 aromatic heterocycles. The maximum absolute atomic E-state index is 10.6. The molecule has 0 atom stereocenters. The second-order valence-corrected chi connectivity index (χ2v) is 2.49. The monoisotopic (exact) mass is 159 g/mol. The molecule has 0 heterocycles. The van der Waals surface area contributed by atoms with Crippen LogP contribution in [0.25, 0.3) is 0 Å². The predicted octanol–water partition coefficient (Wildman–Crippen LogP) is 1.16. The van der Waals surface area contributed by atoms with Gasteiger partial charge in [0, 0.05) is 7.05 Å². The summed E-state index contributed by atoms with van der Waals surface area (Å²) in [6.07, 6.45) is 2.24. The molecule has 0 radical (unpaired) electrons. The van der Waals surface area contributed by atoms with Crippen LogP contribution in [0.2, 0.25) is 0 Å². The average molecular weight is 159 g/mol. The maximum Gasteiger partial charge on any atom is 0.283 e. The van der Waals surface area contributed by atoms with Crippen molar-refractivity contribution in [2.24, 2.45) is 0 Å². The number of rotatable bonds is 2. The molecule has 0 spiro atoms. The molecule has 3 nitrogen and oxygen atoms in total. The Morgan fingerprint density at radius 1 is 1.60 bits per heavy atom. The van der Waals surface area contributed by atoms with Crippen molar-refractivity contribution in [3.8, 4) is 0 Å². The minimum absolute atomic E-state index is 0.222. The molecule has 10 heavy (non-hydrogen) atoms. The van der Waals surface area contributed by atoms with Crippen LogP contribution in [0.4, 0.5) is 4.79 Å². The van der Waals surface area contributed by atoms with Crippen LogP contribution in [0, 0.1) is 0 Å². The highest BCUT2D eigenvalue weighted by molar-refractivity contribution is 8.17. The number of allylic oxidation sites excluding steroid dienone is 2. The van der Waals surface area contributed by atoms with E-state index in [1.165, 1.54) is 7.05 Å². The minimum Gasteiger partial charge on any atom is -0.350 e. The Kier molecular flexibility index (Phi) is 4.66. The van der Waals surface area contributed by atoms with Gasteiger partial charge in [0.05, 0.1) is 4.91 Å². The smallest absolute Gasteiger partial charge is 0.283 e. The van der Waals surface area contributed by atoms with Crippen LogP contribution >= 0.6 is 11.8 Å². The van der Waals surface area contributed by atoms with Crippen molar-refractivity contribution < 1.29 is 9.59 Å². The predicted molar refractivity (Wildman–Crippen MR) is 41.9 cm³/mol. The first-order valence-corrected chi connectivity index (χ1v) is 3.57. The van der Waals surface area contributed by atoms with E-state index < -0.39 is 0 Å². The first kappa shape index (κ1) is 9.23. The Bertz CT molecular complexity index is 165. The van der Waals surface area contributed by atoms with Crippen LogP contribution in [0.15, 0.2) is 11.0 Å². The number of carbonyl (C=O) groups is 2. The molecular formula is C6H9NO2S. The second-order valence-electron chi connectivity index (χ2n) is 1.45. The summed E-state index contributed by atoms with van der Waals surface area (Å²) in [6.45, 7) is 1.71. The number of aldehydes is 1. The third-order valence-electron chi connectivity index (χ3n) is 0.815. The van der Waals surface area contributed by atoms with Crippen molar-refractivity contribution in [3.05, 3.63) is 11.0 Å². The molecule has 0 unspecified atom stereocenters. The Hall–Kier alpha value is -0.770. The van der Waals surface area contributed by atoms with Crippen molar-refractivity contribution in [2.75, 3.05) is 7.05 Å². The molecule has 0 bridgehead atoms. The van der Waals surface area contributed by atoms with E-state index in [0.29, 0.717) is 11.2 Å². The molecule has 56 valence electrons. The Morgan fingerprint density at radius 2 is 2.20 bits per heavy atom. The fourth-order valence-electron chi connectivity index (χ4n) is 0.309. The summed E-state index contributed by atoms with van der Waals surface area (Å²) in [5, 5.41) is 2.17. The Balaban J connectivity index is 3.87. The van der Waals surface area contributed by atoms with Crippen LogP contribution in [-0.2, 0) is 4.79 Å². The summed E-state index contributed by atoms with van der Waals surface area (Å²) >= 11 is 0.888. The van der Waals surface area contributed by atoms with Crippen LogP contribution in [0.5, 0.6) is 0 Å². The van der Waals surface area contributed by atoms with Gasteiger partial charge in [-0.15, -0.1) is 0 Å². The zero-order valence-corrected chi connectivity index (χ0v) is 6.70. The largest absolute Gasteiger partial charge is 0.350 e. The van der Waals surface area contributed by atoms with Crippen molar-refractivity contribution in [3.63, 3.8) is 0 Å². The molecule has 0 aromatic rings. The first-order chi connectivity index (χ1) is 4.74. The topological polar surface area (TPSA) is 46.2 Å². The van der Waals surface area contributed by atoms with Gasteiger partial charge in [-0.3, -0.25) is 9.59 Å². The third-order valence-corrected chi connectivity index (χ3v) is 1.77. The lowest BCUT2D eigenvalue weighted by molar-refractivity contribution is -0.104. The first-order valence-electron chi connectivity index (χ1n) is 2.75. The zero-order chi connectivity index (χ0) is 7.98. The highest BCUT2D eigenvalue weighted by atomic mass is 32.2. The van der Waals surface area contributed by atoms with Gasteiger partial charge in [0.25, 0.3) is 5.24 Å². The van der Waals surface area contributed by atoms with E-state index in [1.54, 1.807) is 13.0 Å². The summed E-state index contributed by atoms with van der Waals surface area (Å²) in [7, 11) is 1.52. The highest BCUT2D eigenvalue weighted by Gasteiger charge is 2.01. The van der Waals surface area contributed by atoms with E-state index in [-0.39, 0.29) is 5.24 Å². The molecule has 1 N–H and O–H groups in total. The van der Waals surface area contributed by atoms with Gasteiger partial charge in [0.15, 0.2) is 6.29 Å². The van der Waals surface area contributed by atoms with Crippen molar-refractivity contribution in [1.29, 1.82) is 0 Å². The second kappa shape index (κ2) is 5.05. The summed E-state index contributed by atoms with van der Waals surface area (Å²) in [5.41, 5.74) is 0. The van der Waals surface area contributed by atoms with Gasteiger partial charge in [0.2, 0.25) is 0 Å². The van der Waals surface area contributed by atoms with Gasteiger partial charge in [-0.1, -0.05) is 6.08 Å². The van der Waals surface area contributed by atoms with E-state index >= 15 is 0 Å². The third kappa shape index (κ3) is 3.29. The van der Waals surface area contributed by atoms with E-state index in [0.717, 1.165) is 11.8 Å². The molecule has 0 saturated heterocycles. The van der Waals surface area contributed by atoms with Gasteiger partial charge in [-0.05, 0) is 18.7 Å². The van der Waals surface area contributed by atoms with Crippen LogP contribution in [-0.4, -0.2) is 18.6 Å². The molecule has 0 aromatic carbocycles. The molecule has 0 saturated carbocycles. The number of carbonyl (C=O) groups excluding carboxylic acids is 2. The molecular weight excluding hydrogens is 150 g/mol. The fourth-order valence-corrected chi connectivity index (χ4v) is 0.791. The lowest BCUT2D eigenvalue weighted by atomic mass is 10.6. The summed E-state index contributed by atoms with van der Waals surface area (Å²) in [4.78, 5) is 21.1. The van der Waals surface area contributed by atoms with Crippen LogP contribution in [0.3, 0.4) is 0 Å². The van der Waals surface area contributed by atoms with Gasteiger partial charge < -0.3 is 5.32 Å². The van der Waals surface area contributed by atoms with Gasteiger partial charge in [-0.2, -0.15) is 0 Å². The quantitative estimate of drug-likeness (QED) is 0.486. The lowest BCUT2D eigenvalue weighted by Gasteiger charge is -1.95. The van der Waals surface area contributed by atoms with E-state index in [9.17, 15) is 9.59 Å². The van der Waals surface area contributed by atoms with E-state index in [2.05, 4.69) is 5.32 Å². The number of hydrogen-bond acceptors (Lipinski definition) is 3. The zero-order valence-electron chi connectivity index (χ0n) is 5.88. The molecule has 0 rings (SSSR count). The normalized spacial score (nSPS) is 10.8. The average Bonchev–Trinajstić information content (AvgIpc) is 1.99. The van der Waals surface area contributed by atoms with Crippen molar-refractivity contribution in [1.82, 2.24) is 5.32 Å². The summed E-state index contributed by atoms with van der Waals surface area (Å²) in [6, 6.07) is 0.